The van der Waals surface area contributed by atoms with Crippen LogP contribution in [0.1, 0.15) is 17.5 Å². The third kappa shape index (κ3) is 4.33. The van der Waals surface area contributed by atoms with Crippen LogP contribution in [0.25, 0.3) is 0 Å². The number of nitrogens with one attached hydrogen (secondary N) is 2. The minimum absolute atomic E-state index is 0.0964. The number of hydrogen-bond acceptors (Lipinski definition) is 6. The van der Waals surface area contributed by atoms with E-state index in [1.807, 2.05) is 5.32 Å². The van der Waals surface area contributed by atoms with E-state index in [9.17, 15) is 22.8 Å². The molecule has 0 unspecified atom stereocenters. The summed E-state index contributed by atoms with van der Waals surface area (Å²) >= 11 is 0. The molecule has 2 aromatic rings. The minimum Gasteiger partial charge on any atom is -0.497 e. The Balaban J connectivity index is 2.45. The van der Waals surface area contributed by atoms with Gasteiger partial charge in [0.1, 0.15) is 5.75 Å². The van der Waals surface area contributed by atoms with Gasteiger partial charge in [-0.1, -0.05) is 0 Å². The molecule has 0 aliphatic rings. The smallest absolute Gasteiger partial charge is 0.441 e. The molecule has 2 N–H and O–H groups in total. The summed E-state index contributed by atoms with van der Waals surface area (Å²) in [6.45, 7) is 1.03. The number of alkyl halides is 3. The fourth-order valence-corrected chi connectivity index (χ4v) is 2.16. The molecule has 1 heterocycles. The van der Waals surface area contributed by atoms with Gasteiger partial charge in [-0.25, -0.2) is 4.79 Å². The molecule has 1 amide bonds. The zero-order valence-corrected chi connectivity index (χ0v) is 14.4. The predicted molar refractivity (Wildman–Crippen MR) is 88.2 cm³/mol. The lowest BCUT2D eigenvalue weighted by molar-refractivity contribution is -0.204. The summed E-state index contributed by atoms with van der Waals surface area (Å²) in [5, 5.41) is 3.69. The van der Waals surface area contributed by atoms with E-state index in [4.69, 9.17) is 9.15 Å². The number of hydrogen-bond donors (Lipinski definition) is 2. The normalized spacial score (nSPS) is 13.4. The molecular formula is C17H17F3N2O5. The van der Waals surface area contributed by atoms with Crippen molar-refractivity contribution in [3.05, 3.63) is 48.4 Å². The van der Waals surface area contributed by atoms with Crippen molar-refractivity contribution in [1.82, 2.24) is 5.32 Å². The molecule has 7 nitrogen and oxygen atoms in total. The zero-order chi connectivity index (χ0) is 20.1. The van der Waals surface area contributed by atoms with Crippen LogP contribution >= 0.6 is 0 Å². The Kier molecular flexibility index (Phi) is 5.98. The van der Waals surface area contributed by atoms with Gasteiger partial charge in [0.2, 0.25) is 0 Å². The summed E-state index contributed by atoms with van der Waals surface area (Å²) in [4.78, 5) is 24.5. The Morgan fingerprint density at radius 2 is 1.81 bits per heavy atom. The molecule has 1 aromatic carbocycles. The first-order valence-corrected chi connectivity index (χ1v) is 7.75. The maximum atomic E-state index is 13.9. The third-order valence-electron chi connectivity index (χ3n) is 3.47. The van der Waals surface area contributed by atoms with E-state index in [2.05, 4.69) is 4.74 Å². The van der Waals surface area contributed by atoms with Gasteiger partial charge in [-0.3, -0.25) is 4.79 Å². The Bertz CT molecular complexity index is 775. The zero-order valence-electron chi connectivity index (χ0n) is 14.4. The Morgan fingerprint density at radius 3 is 2.30 bits per heavy atom. The van der Waals surface area contributed by atoms with Crippen molar-refractivity contribution in [2.24, 2.45) is 0 Å². The predicted octanol–water partition coefficient (Wildman–Crippen LogP) is 2.95. The van der Waals surface area contributed by atoms with E-state index in [1.165, 1.54) is 44.4 Å². The number of amides is 1. The number of esters is 1. The van der Waals surface area contributed by atoms with Crippen LogP contribution in [0.3, 0.4) is 0 Å². The van der Waals surface area contributed by atoms with E-state index >= 15 is 0 Å². The maximum absolute atomic E-state index is 13.9. The highest BCUT2D eigenvalue weighted by molar-refractivity contribution is 5.97. The fraction of sp³-hybridized carbons (Fsp3) is 0.294. The van der Waals surface area contributed by atoms with Gasteiger partial charge < -0.3 is 24.5 Å². The number of benzene rings is 1. The van der Waals surface area contributed by atoms with Crippen molar-refractivity contribution in [1.29, 1.82) is 0 Å². The highest BCUT2D eigenvalue weighted by Gasteiger charge is 2.63. The largest absolute Gasteiger partial charge is 0.497 e. The van der Waals surface area contributed by atoms with Gasteiger partial charge in [0.25, 0.3) is 5.91 Å². The molecule has 0 spiro atoms. The van der Waals surface area contributed by atoms with Crippen molar-refractivity contribution in [2.45, 2.75) is 18.8 Å². The second-order valence-corrected chi connectivity index (χ2v) is 5.25. The molecule has 0 saturated carbocycles. The van der Waals surface area contributed by atoms with E-state index in [0.717, 1.165) is 12.3 Å². The van der Waals surface area contributed by atoms with Crippen LogP contribution in [0.2, 0.25) is 0 Å². The quantitative estimate of drug-likeness (QED) is 0.562. The van der Waals surface area contributed by atoms with Crippen LogP contribution in [0, 0.1) is 0 Å². The maximum Gasteiger partial charge on any atom is 0.441 e. The lowest BCUT2D eigenvalue weighted by atomic mass is 10.1. The summed E-state index contributed by atoms with van der Waals surface area (Å²) in [6, 6.07) is 7.79. The Hall–Kier alpha value is -3.17. The standard InChI is InChI=1S/C17H17F3N2O5/c1-3-26-15(24)16(17(18,19)20,22-14(23)13-5-4-10-27-13)21-11-6-8-12(25-2)9-7-11/h4-10,21H,3H2,1-2H3,(H,22,23)/t16-/m0/s1. The molecule has 0 aliphatic carbocycles. The van der Waals surface area contributed by atoms with Crippen LogP contribution in [0.4, 0.5) is 18.9 Å². The van der Waals surface area contributed by atoms with Gasteiger partial charge in [-0.05, 0) is 43.3 Å². The van der Waals surface area contributed by atoms with Crippen LogP contribution in [0.5, 0.6) is 5.75 Å². The molecule has 0 fully saturated rings. The highest BCUT2D eigenvalue weighted by Crippen LogP contribution is 2.34. The molecule has 27 heavy (non-hydrogen) atoms. The van der Waals surface area contributed by atoms with E-state index in [1.54, 1.807) is 5.32 Å². The average Bonchev–Trinajstić information content (AvgIpc) is 3.15. The second kappa shape index (κ2) is 8.02. The van der Waals surface area contributed by atoms with Gasteiger partial charge in [0, 0.05) is 5.69 Å². The number of ether oxygens (including phenoxy) is 2. The second-order valence-electron chi connectivity index (χ2n) is 5.25. The number of furan rings is 1. The Morgan fingerprint density at radius 1 is 1.15 bits per heavy atom. The highest BCUT2D eigenvalue weighted by atomic mass is 19.4. The van der Waals surface area contributed by atoms with Gasteiger partial charge in [-0.2, -0.15) is 13.2 Å². The summed E-state index contributed by atoms with van der Waals surface area (Å²) in [7, 11) is 1.39. The monoisotopic (exact) mass is 386 g/mol. The van der Waals surface area contributed by atoms with Crippen molar-refractivity contribution < 1.29 is 36.7 Å². The molecule has 10 heteroatoms. The molecule has 0 radical (unpaired) electrons. The van der Waals surface area contributed by atoms with Crippen molar-refractivity contribution in [3.8, 4) is 5.75 Å². The van der Waals surface area contributed by atoms with Gasteiger partial charge in [-0.15, -0.1) is 0 Å². The van der Waals surface area contributed by atoms with Crippen LogP contribution in [-0.2, 0) is 9.53 Å². The summed E-state index contributed by atoms with van der Waals surface area (Å²) in [6.07, 6.45) is -4.12. The van der Waals surface area contributed by atoms with Crippen molar-refractivity contribution in [3.63, 3.8) is 0 Å². The number of halogens is 3. The molecule has 1 atom stereocenters. The summed E-state index contributed by atoms with van der Waals surface area (Å²) < 4.78 is 56.2. The van der Waals surface area contributed by atoms with E-state index < -0.39 is 29.5 Å². The summed E-state index contributed by atoms with van der Waals surface area (Å²) in [5.74, 6) is -2.96. The van der Waals surface area contributed by atoms with E-state index in [0.29, 0.717) is 5.75 Å². The lowest BCUT2D eigenvalue weighted by Gasteiger charge is -2.35. The van der Waals surface area contributed by atoms with Crippen LogP contribution in [-0.4, -0.2) is 37.4 Å². The molecule has 1 aromatic heterocycles. The van der Waals surface area contributed by atoms with E-state index in [-0.39, 0.29) is 12.3 Å². The first kappa shape index (κ1) is 20.1. The summed E-state index contributed by atoms with van der Waals surface area (Å²) in [5.41, 5.74) is -3.62. The molecule has 146 valence electrons. The topological polar surface area (TPSA) is 89.8 Å². The van der Waals surface area contributed by atoms with Crippen molar-refractivity contribution >= 4 is 17.6 Å². The SMILES string of the molecule is CCOC(=O)[C@@](NC(=O)c1ccco1)(Nc1ccc(OC)cc1)C(F)(F)F. The minimum atomic E-state index is -5.23. The molecular weight excluding hydrogens is 369 g/mol. The number of anilines is 1. The van der Waals surface area contributed by atoms with Crippen LogP contribution in [0.15, 0.2) is 47.1 Å². The average molecular weight is 386 g/mol. The number of methoxy groups -OCH3 is 1. The molecule has 0 bridgehead atoms. The fourth-order valence-electron chi connectivity index (χ4n) is 2.16. The molecule has 2 rings (SSSR count). The number of rotatable bonds is 7. The van der Waals surface area contributed by atoms with Crippen molar-refractivity contribution in [2.75, 3.05) is 19.0 Å². The first-order chi connectivity index (χ1) is 12.7. The van der Waals surface area contributed by atoms with Gasteiger partial charge >= 0.3 is 17.8 Å². The molecule has 0 saturated heterocycles. The number of carbonyl (C=O) groups excluding carboxylic acids is 2. The van der Waals surface area contributed by atoms with Gasteiger partial charge in [0.05, 0.1) is 20.0 Å². The first-order valence-electron chi connectivity index (χ1n) is 7.75. The third-order valence-corrected chi connectivity index (χ3v) is 3.47. The van der Waals surface area contributed by atoms with Crippen LogP contribution < -0.4 is 15.4 Å². The lowest BCUT2D eigenvalue weighted by Crippen LogP contribution is -2.69. The molecule has 0 aliphatic heterocycles. The Labute approximate surface area is 152 Å². The van der Waals surface area contributed by atoms with Gasteiger partial charge in [0.15, 0.2) is 5.76 Å². The number of carbonyl (C=O) groups is 2.